The molecule has 1 aliphatic rings. The lowest BCUT2D eigenvalue weighted by Crippen LogP contribution is -2.43. The maximum absolute atomic E-state index is 10.6. The Kier molecular flexibility index (Phi) is 4.30. The lowest BCUT2D eigenvalue weighted by molar-refractivity contribution is -0.222. The highest BCUT2D eigenvalue weighted by Gasteiger charge is 2.59. The third kappa shape index (κ3) is 4.29. The fourth-order valence-electron chi connectivity index (χ4n) is 1.99. The van der Waals surface area contributed by atoms with Gasteiger partial charge in [0.25, 0.3) is 11.6 Å². The summed E-state index contributed by atoms with van der Waals surface area (Å²) in [6.45, 7) is 0. The second-order valence-corrected chi connectivity index (χ2v) is 3.97. The van der Waals surface area contributed by atoms with Crippen LogP contribution in [-0.4, -0.2) is 56.6 Å². The summed E-state index contributed by atoms with van der Waals surface area (Å²) in [5, 5.41) is 34.3. The van der Waals surface area contributed by atoms with Crippen LogP contribution in [0.5, 0.6) is 0 Å². The van der Waals surface area contributed by atoms with Crippen LogP contribution >= 0.6 is 0 Å². The zero-order valence-corrected chi connectivity index (χ0v) is 10.2. The van der Waals surface area contributed by atoms with E-state index in [1.165, 1.54) is 0 Å². The van der Waals surface area contributed by atoms with Crippen LogP contribution in [0.3, 0.4) is 0 Å². The van der Waals surface area contributed by atoms with E-state index in [0.29, 0.717) is 0 Å². The molecule has 0 radical (unpaired) electrons. The molecule has 0 unspecified atom stereocenters. The predicted octanol–water partition coefficient (Wildman–Crippen LogP) is 1.34. The quantitative estimate of drug-likeness (QED) is 0.431. The average Bonchev–Trinajstić information content (AvgIpc) is 2.51. The van der Waals surface area contributed by atoms with E-state index in [1.807, 2.05) is 0 Å². The Morgan fingerprint density at radius 3 is 1.05 bits per heavy atom. The highest BCUT2D eigenvalue weighted by molar-refractivity contribution is 5.62. The molecule has 0 aliphatic heterocycles. The van der Waals surface area contributed by atoms with Crippen molar-refractivity contribution in [3.63, 3.8) is 0 Å². The lowest BCUT2D eigenvalue weighted by Gasteiger charge is -2.29. The molecule has 0 aromatic carbocycles. The Labute approximate surface area is 115 Å². The average molecular weight is 310 g/mol. The minimum Gasteiger partial charge on any atom is -0.450 e. The van der Waals surface area contributed by atoms with Crippen LogP contribution in [-0.2, 0) is 18.9 Å². The first-order valence-corrected chi connectivity index (χ1v) is 5.26. The monoisotopic (exact) mass is 310 g/mol. The fourth-order valence-corrected chi connectivity index (χ4v) is 1.99. The lowest BCUT2D eigenvalue weighted by atomic mass is 10.2. The van der Waals surface area contributed by atoms with Gasteiger partial charge in [0.2, 0.25) is 0 Å². The molecular formula is C9H10O12. The molecule has 0 bridgehead atoms. The van der Waals surface area contributed by atoms with E-state index >= 15 is 0 Å². The van der Waals surface area contributed by atoms with Crippen molar-refractivity contribution in [1.29, 1.82) is 0 Å². The normalized spacial score (nSPS) is 18.3. The SMILES string of the molecule is O=C(O)OC1(OC(=O)O)CCC(OC(=O)O)(OC(=O)O)C1. The van der Waals surface area contributed by atoms with Gasteiger partial charge in [0.1, 0.15) is 6.42 Å². The van der Waals surface area contributed by atoms with Gasteiger partial charge in [-0.2, -0.15) is 0 Å². The van der Waals surface area contributed by atoms with Crippen molar-refractivity contribution < 1.29 is 58.6 Å². The van der Waals surface area contributed by atoms with E-state index in [0.717, 1.165) is 0 Å². The molecule has 12 heteroatoms. The van der Waals surface area contributed by atoms with Crippen LogP contribution in [0, 0.1) is 0 Å². The van der Waals surface area contributed by atoms with E-state index in [1.54, 1.807) is 0 Å². The van der Waals surface area contributed by atoms with Crippen molar-refractivity contribution in [2.24, 2.45) is 0 Å². The molecule has 0 aromatic rings. The van der Waals surface area contributed by atoms with Gasteiger partial charge in [-0.1, -0.05) is 0 Å². The maximum atomic E-state index is 10.6. The van der Waals surface area contributed by atoms with Gasteiger partial charge in [0.15, 0.2) is 0 Å². The second-order valence-electron chi connectivity index (χ2n) is 3.97. The summed E-state index contributed by atoms with van der Waals surface area (Å²) in [5.41, 5.74) is 0. The van der Waals surface area contributed by atoms with Crippen molar-refractivity contribution >= 4 is 24.6 Å². The van der Waals surface area contributed by atoms with E-state index in [9.17, 15) is 19.2 Å². The number of carboxylic acid groups (broad SMARTS) is 4. The molecule has 12 nitrogen and oxygen atoms in total. The Hall–Kier alpha value is -2.92. The summed E-state index contributed by atoms with van der Waals surface area (Å²) in [6, 6.07) is 0. The third-order valence-corrected chi connectivity index (χ3v) is 2.52. The first-order chi connectivity index (χ1) is 9.58. The molecule has 0 saturated heterocycles. The van der Waals surface area contributed by atoms with Gasteiger partial charge >= 0.3 is 24.6 Å². The predicted molar refractivity (Wildman–Crippen MR) is 55.8 cm³/mol. The maximum Gasteiger partial charge on any atom is 0.509 e. The molecule has 21 heavy (non-hydrogen) atoms. The zero-order chi connectivity index (χ0) is 16.3. The highest BCUT2D eigenvalue weighted by atomic mass is 16.8. The van der Waals surface area contributed by atoms with E-state index in [2.05, 4.69) is 18.9 Å². The van der Waals surface area contributed by atoms with Crippen LogP contribution in [0.15, 0.2) is 0 Å². The van der Waals surface area contributed by atoms with Crippen LogP contribution in [0.4, 0.5) is 19.2 Å². The molecule has 1 aliphatic carbocycles. The topological polar surface area (TPSA) is 186 Å². The first kappa shape index (κ1) is 16.1. The Morgan fingerprint density at radius 2 is 0.857 bits per heavy atom. The van der Waals surface area contributed by atoms with Gasteiger partial charge in [0, 0.05) is 12.8 Å². The largest absolute Gasteiger partial charge is 0.509 e. The van der Waals surface area contributed by atoms with E-state index in [-0.39, 0.29) is 0 Å². The Balaban J connectivity index is 3.04. The van der Waals surface area contributed by atoms with Crippen molar-refractivity contribution in [2.45, 2.75) is 30.8 Å². The van der Waals surface area contributed by atoms with Crippen molar-refractivity contribution in [3.8, 4) is 0 Å². The molecular weight excluding hydrogens is 300 g/mol. The summed E-state index contributed by atoms with van der Waals surface area (Å²) in [5.74, 6) is -4.66. The smallest absolute Gasteiger partial charge is 0.450 e. The van der Waals surface area contributed by atoms with Crippen molar-refractivity contribution in [2.75, 3.05) is 0 Å². The summed E-state index contributed by atoms with van der Waals surface area (Å²) in [7, 11) is 0. The summed E-state index contributed by atoms with van der Waals surface area (Å²) in [4.78, 5) is 42.4. The standard InChI is InChI=1S/C9H10O12/c10-4(11)18-8(19-5(12)13)1-2-9(3-8,20-6(14)15)21-7(16)17/h1-3H2,(H,10,11)(H,12,13)(H,14,15)(H,16,17). The number of hydrogen-bond acceptors (Lipinski definition) is 8. The summed E-state index contributed by atoms with van der Waals surface area (Å²) in [6.07, 6.45) is -9.51. The summed E-state index contributed by atoms with van der Waals surface area (Å²) < 4.78 is 17.2. The molecule has 0 atom stereocenters. The molecule has 4 N–H and O–H groups in total. The molecule has 1 fully saturated rings. The number of ether oxygens (including phenoxy) is 4. The van der Waals surface area contributed by atoms with E-state index in [4.69, 9.17) is 20.4 Å². The molecule has 1 rings (SSSR count). The molecule has 1 saturated carbocycles. The highest BCUT2D eigenvalue weighted by Crippen LogP contribution is 2.44. The molecule has 118 valence electrons. The van der Waals surface area contributed by atoms with Gasteiger partial charge in [-0.15, -0.1) is 0 Å². The van der Waals surface area contributed by atoms with Crippen molar-refractivity contribution in [3.05, 3.63) is 0 Å². The van der Waals surface area contributed by atoms with Gasteiger partial charge in [-0.25, -0.2) is 19.2 Å². The third-order valence-electron chi connectivity index (χ3n) is 2.52. The van der Waals surface area contributed by atoms with Gasteiger partial charge < -0.3 is 39.4 Å². The number of rotatable bonds is 4. The molecule has 0 spiro atoms. The number of hydrogen-bond donors (Lipinski definition) is 4. The first-order valence-electron chi connectivity index (χ1n) is 5.26. The minimum atomic E-state index is -2.33. The fraction of sp³-hybridized carbons (Fsp3) is 0.556. The Bertz CT molecular complexity index is 393. The molecule has 0 aromatic heterocycles. The van der Waals surface area contributed by atoms with E-state index < -0.39 is 55.5 Å². The van der Waals surface area contributed by atoms with Crippen molar-refractivity contribution in [1.82, 2.24) is 0 Å². The van der Waals surface area contributed by atoms with Gasteiger partial charge in [-0.3, -0.25) is 0 Å². The zero-order valence-electron chi connectivity index (χ0n) is 10.2. The van der Waals surface area contributed by atoms with Crippen LogP contribution in [0.1, 0.15) is 19.3 Å². The van der Waals surface area contributed by atoms with Gasteiger partial charge in [-0.05, 0) is 0 Å². The molecule has 0 heterocycles. The minimum absolute atomic E-state index is 0.494. The van der Waals surface area contributed by atoms with Crippen LogP contribution in [0.25, 0.3) is 0 Å². The number of carbonyl (C=O) groups is 4. The Morgan fingerprint density at radius 1 is 0.619 bits per heavy atom. The van der Waals surface area contributed by atoms with Crippen LogP contribution < -0.4 is 0 Å². The van der Waals surface area contributed by atoms with Gasteiger partial charge in [0.05, 0.1) is 0 Å². The van der Waals surface area contributed by atoms with Crippen LogP contribution in [0.2, 0.25) is 0 Å². The summed E-state index contributed by atoms with van der Waals surface area (Å²) >= 11 is 0. The molecule has 0 amide bonds. The second kappa shape index (κ2) is 5.60.